The number of carbonyl (C=O) groups excluding carboxylic acids is 3. The van der Waals surface area contributed by atoms with Gasteiger partial charge in [0.05, 0.1) is 0 Å². The molecule has 0 radical (unpaired) electrons. The van der Waals surface area contributed by atoms with E-state index in [1.54, 1.807) is 0 Å². The number of carbonyl (C=O) groups is 3. The molecule has 60 heavy (non-hydrogen) atoms. The van der Waals surface area contributed by atoms with Crippen LogP contribution in [0.15, 0.2) is 158 Å². The first-order chi connectivity index (χ1) is 29.5. The molecule has 0 fully saturated rings. The fourth-order valence-corrected chi connectivity index (χ4v) is 5.22. The fourth-order valence-electron chi connectivity index (χ4n) is 5.22. The van der Waals surface area contributed by atoms with Crippen molar-refractivity contribution in [3.05, 3.63) is 158 Å². The monoisotopic (exact) mass is 823 g/mol. The highest BCUT2D eigenvalue weighted by atomic mass is 16.6. The van der Waals surface area contributed by atoms with E-state index in [-0.39, 0.29) is 38.0 Å². The van der Waals surface area contributed by atoms with Gasteiger partial charge < -0.3 is 14.2 Å². The maximum absolute atomic E-state index is 12.7. The molecule has 330 valence electrons. The Morgan fingerprint density at radius 1 is 0.350 bits per heavy atom. The Hall–Kier alpha value is -4.97. The molecule has 1 unspecified atom stereocenters. The average molecular weight is 823 g/mol. The summed E-state index contributed by atoms with van der Waals surface area (Å²) in [5, 5.41) is 0. The van der Waals surface area contributed by atoms with Gasteiger partial charge in [0.15, 0.2) is 6.10 Å². The van der Waals surface area contributed by atoms with Crippen molar-refractivity contribution in [3.63, 3.8) is 0 Å². The van der Waals surface area contributed by atoms with Crippen LogP contribution in [0.25, 0.3) is 0 Å². The molecular weight excluding hydrogens is 745 g/mol. The lowest BCUT2D eigenvalue weighted by Crippen LogP contribution is -2.30. The maximum Gasteiger partial charge on any atom is 0.306 e. The molecule has 0 aromatic rings. The van der Waals surface area contributed by atoms with Gasteiger partial charge in [-0.25, -0.2) is 0 Å². The molecule has 0 bridgehead atoms. The molecule has 0 aliphatic rings. The van der Waals surface area contributed by atoms with Crippen LogP contribution in [0.5, 0.6) is 0 Å². The van der Waals surface area contributed by atoms with Gasteiger partial charge in [-0.3, -0.25) is 14.4 Å². The van der Waals surface area contributed by atoms with Crippen LogP contribution in [0.4, 0.5) is 0 Å². The second-order valence-electron chi connectivity index (χ2n) is 14.1. The van der Waals surface area contributed by atoms with E-state index in [9.17, 15) is 14.4 Å². The molecule has 6 nitrogen and oxygen atoms in total. The number of allylic oxidation sites excluding steroid dienone is 26. The Morgan fingerprint density at radius 2 is 0.700 bits per heavy atom. The van der Waals surface area contributed by atoms with E-state index in [2.05, 4.69) is 69.4 Å². The van der Waals surface area contributed by atoms with Crippen molar-refractivity contribution in [1.82, 2.24) is 0 Å². The Bertz CT molecular complexity index is 1460. The molecule has 0 aromatic heterocycles. The van der Waals surface area contributed by atoms with E-state index in [4.69, 9.17) is 14.2 Å². The van der Waals surface area contributed by atoms with Crippen molar-refractivity contribution in [2.75, 3.05) is 13.2 Å². The Morgan fingerprint density at radius 3 is 1.18 bits per heavy atom. The van der Waals surface area contributed by atoms with Crippen LogP contribution in [-0.4, -0.2) is 37.2 Å². The summed E-state index contributed by atoms with van der Waals surface area (Å²) in [5.41, 5.74) is 0. The zero-order valence-electron chi connectivity index (χ0n) is 37.4. The van der Waals surface area contributed by atoms with Crippen molar-refractivity contribution in [3.8, 4) is 0 Å². The van der Waals surface area contributed by atoms with Gasteiger partial charge in [-0.1, -0.05) is 204 Å². The van der Waals surface area contributed by atoms with E-state index in [1.165, 1.54) is 12.8 Å². The van der Waals surface area contributed by atoms with E-state index < -0.39 is 12.1 Å². The van der Waals surface area contributed by atoms with E-state index in [0.29, 0.717) is 25.7 Å². The second kappa shape index (κ2) is 46.7. The molecule has 1 atom stereocenters. The highest BCUT2D eigenvalue weighted by molar-refractivity contribution is 5.71. The molecule has 0 rings (SSSR count). The minimum atomic E-state index is -0.856. The van der Waals surface area contributed by atoms with Gasteiger partial charge in [0.2, 0.25) is 0 Å². The Labute approximate surface area is 365 Å². The van der Waals surface area contributed by atoms with E-state index >= 15 is 0 Å². The van der Waals surface area contributed by atoms with Crippen molar-refractivity contribution >= 4 is 17.9 Å². The standard InChI is InChI=1S/C54H78O6/c1-4-7-10-13-16-19-22-25-26-27-30-32-35-38-41-44-47-53(56)59-50-51(60-54(57)48-45-42-39-36-33-29-24-21-18-15-12-9-6-3)49-58-52(55)46-43-40-37-34-31-28-23-20-17-14-11-8-5-2/h7-12,14-21,23-26,28-29,31,33-34,36-37,39,51H,4-6,13,22,27,30,32,35,38,40-50H2,1-3H3/b10-7+,11-8+,12-9+,17-14+,18-15+,19-16+,23-20+,24-21+,26-25+,31-28+,33-29+,37-34+,39-36+. The molecule has 0 N–H and O–H groups in total. The number of esters is 3. The number of unbranched alkanes of at least 4 members (excludes halogenated alkanes) is 8. The quantitative estimate of drug-likeness (QED) is 0.0204. The summed E-state index contributed by atoms with van der Waals surface area (Å²) in [6.07, 6.45) is 68.1. The third kappa shape index (κ3) is 44.1. The van der Waals surface area contributed by atoms with Gasteiger partial charge in [-0.15, -0.1) is 0 Å². The summed E-state index contributed by atoms with van der Waals surface area (Å²) < 4.78 is 16.6. The molecule has 6 heteroatoms. The van der Waals surface area contributed by atoms with Gasteiger partial charge in [0.1, 0.15) is 13.2 Å². The fraction of sp³-hybridized carbons (Fsp3) is 0.463. The minimum absolute atomic E-state index is 0.145. The van der Waals surface area contributed by atoms with Crippen LogP contribution in [0.1, 0.15) is 143 Å². The van der Waals surface area contributed by atoms with Gasteiger partial charge >= 0.3 is 17.9 Å². The normalized spacial score (nSPS) is 13.6. The first kappa shape index (κ1) is 55.0. The highest BCUT2D eigenvalue weighted by Gasteiger charge is 2.19. The first-order valence-electron chi connectivity index (χ1n) is 22.6. The van der Waals surface area contributed by atoms with Crippen LogP contribution in [-0.2, 0) is 28.6 Å². The van der Waals surface area contributed by atoms with Crippen LogP contribution >= 0.6 is 0 Å². The van der Waals surface area contributed by atoms with Crippen molar-refractivity contribution in [2.24, 2.45) is 0 Å². The number of hydrogen-bond donors (Lipinski definition) is 0. The number of ether oxygens (including phenoxy) is 3. The minimum Gasteiger partial charge on any atom is -0.462 e. The molecule has 0 aliphatic carbocycles. The summed E-state index contributed by atoms with van der Waals surface area (Å²) >= 11 is 0. The predicted octanol–water partition coefficient (Wildman–Crippen LogP) is 14.7. The average Bonchev–Trinajstić information content (AvgIpc) is 3.24. The lowest BCUT2D eigenvalue weighted by Gasteiger charge is -2.18. The summed E-state index contributed by atoms with van der Waals surface area (Å²) in [4.78, 5) is 37.7. The first-order valence-corrected chi connectivity index (χ1v) is 22.6. The van der Waals surface area contributed by atoms with Crippen LogP contribution in [0.2, 0.25) is 0 Å². The van der Waals surface area contributed by atoms with Crippen molar-refractivity contribution in [1.29, 1.82) is 0 Å². The highest BCUT2D eigenvalue weighted by Crippen LogP contribution is 2.11. The third-order valence-electron chi connectivity index (χ3n) is 8.51. The zero-order valence-corrected chi connectivity index (χ0v) is 37.4. The molecule has 0 amide bonds. The Balaban J connectivity index is 4.66. The molecule has 0 aliphatic heterocycles. The summed E-state index contributed by atoms with van der Waals surface area (Å²) in [6, 6.07) is 0. The second-order valence-corrected chi connectivity index (χ2v) is 14.1. The van der Waals surface area contributed by atoms with Crippen LogP contribution < -0.4 is 0 Å². The molecule has 0 heterocycles. The largest absolute Gasteiger partial charge is 0.462 e. The summed E-state index contributed by atoms with van der Waals surface area (Å²) in [6.45, 7) is 6.05. The zero-order chi connectivity index (χ0) is 43.7. The number of hydrogen-bond acceptors (Lipinski definition) is 6. The topological polar surface area (TPSA) is 78.9 Å². The molecule has 0 saturated carbocycles. The van der Waals surface area contributed by atoms with E-state index in [1.807, 2.05) is 109 Å². The van der Waals surface area contributed by atoms with Crippen molar-refractivity contribution in [2.45, 2.75) is 149 Å². The molecule has 0 saturated heterocycles. The lowest BCUT2D eigenvalue weighted by molar-refractivity contribution is -0.167. The molecule has 0 spiro atoms. The van der Waals surface area contributed by atoms with Crippen LogP contribution in [0, 0.1) is 0 Å². The predicted molar refractivity (Wildman–Crippen MR) is 255 cm³/mol. The smallest absolute Gasteiger partial charge is 0.306 e. The molecular formula is C54H78O6. The summed E-state index contributed by atoms with van der Waals surface area (Å²) in [5.74, 6) is -1.13. The molecule has 0 aromatic carbocycles. The summed E-state index contributed by atoms with van der Waals surface area (Å²) in [7, 11) is 0. The van der Waals surface area contributed by atoms with Gasteiger partial charge in [-0.2, -0.15) is 0 Å². The lowest BCUT2D eigenvalue weighted by atomic mass is 10.1. The van der Waals surface area contributed by atoms with Gasteiger partial charge in [-0.05, 0) is 77.0 Å². The number of rotatable bonds is 37. The van der Waals surface area contributed by atoms with Crippen molar-refractivity contribution < 1.29 is 28.6 Å². The third-order valence-corrected chi connectivity index (χ3v) is 8.51. The van der Waals surface area contributed by atoms with Gasteiger partial charge in [0.25, 0.3) is 0 Å². The van der Waals surface area contributed by atoms with Gasteiger partial charge in [0, 0.05) is 19.3 Å². The SMILES string of the molecule is CC/C=C/C=C/C=C/C=C/C=C/CCCC(=O)OCC(COC(=O)CCCCCCCC/C=C/C/C=C/C/C=C/CC)OC(=O)CCC/C=C/C=C/C=C/C=C/C=C/CC. The van der Waals surface area contributed by atoms with E-state index in [0.717, 1.165) is 70.6 Å². The Kier molecular flexibility index (Phi) is 42.8. The maximum atomic E-state index is 12.7. The van der Waals surface area contributed by atoms with Crippen LogP contribution in [0.3, 0.4) is 0 Å².